The molecule has 0 atom stereocenters. The second kappa shape index (κ2) is 9.12. The van der Waals surface area contributed by atoms with Crippen molar-refractivity contribution < 1.29 is 42.5 Å². The molecule has 0 aliphatic carbocycles. The van der Waals surface area contributed by atoms with Gasteiger partial charge in [-0.1, -0.05) is 30.4 Å². The Balaban J connectivity index is 0. The molecule has 0 saturated carbocycles. The summed E-state index contributed by atoms with van der Waals surface area (Å²) in [5.74, 6) is 0. The number of hydrogen-bond acceptors (Lipinski definition) is 3. The Morgan fingerprint density at radius 1 is 1.07 bits per heavy atom. The molecule has 0 fully saturated rings. The van der Waals surface area contributed by atoms with Crippen molar-refractivity contribution in [3.63, 3.8) is 0 Å². The van der Waals surface area contributed by atoms with E-state index in [9.17, 15) is 13.0 Å². The first kappa shape index (κ1) is 17.3. The fraction of sp³-hybridized carbons (Fsp3) is 0.200. The molecule has 1 rings (SSSR count). The van der Waals surface area contributed by atoms with Gasteiger partial charge >= 0.3 is 29.6 Å². The van der Waals surface area contributed by atoms with Crippen molar-refractivity contribution in [1.82, 2.24) is 0 Å². The van der Waals surface area contributed by atoms with Crippen LogP contribution in [-0.2, 0) is 10.1 Å². The van der Waals surface area contributed by atoms with Gasteiger partial charge in [-0.3, -0.25) is 0 Å². The number of hydrogen-bond donors (Lipinski definition) is 0. The van der Waals surface area contributed by atoms with Gasteiger partial charge in [0, 0.05) is 0 Å². The van der Waals surface area contributed by atoms with E-state index < -0.39 is 10.1 Å². The van der Waals surface area contributed by atoms with Crippen LogP contribution in [0, 0.1) is 0 Å². The third kappa shape index (κ3) is 8.84. The Morgan fingerprint density at radius 2 is 1.47 bits per heavy atom. The van der Waals surface area contributed by atoms with Gasteiger partial charge in [0.15, 0.2) is 0 Å². The Hall–Kier alpha value is -0.130. The largest absolute Gasteiger partial charge is 1.00 e. The number of benzene rings is 1. The van der Waals surface area contributed by atoms with Gasteiger partial charge in [0.1, 0.15) is 10.1 Å². The number of rotatable bonds is 1. The summed E-state index contributed by atoms with van der Waals surface area (Å²) in [5, 5.41) is 0. The standard InChI is InChI=1S/C6H6O3S.C4H8.Na/c7-10(8,9)6-4-2-1-3-5-6;1-3-4-2;/h1-5H,(H,7,8,9);3-4H,1-2H3;/q;;+1/p-1. The molecule has 0 saturated heterocycles. The SMILES string of the molecule is CC=CC.O=S(=O)([O-])c1ccccc1.[Na+]. The second-order valence-electron chi connectivity index (χ2n) is 2.43. The fourth-order valence-corrected chi connectivity index (χ4v) is 1.08. The first-order chi connectivity index (χ1) is 6.52. The van der Waals surface area contributed by atoms with Crippen molar-refractivity contribution in [2.24, 2.45) is 0 Å². The molecule has 0 aliphatic rings. The molecule has 0 bridgehead atoms. The molecule has 0 radical (unpaired) electrons. The predicted octanol–water partition coefficient (Wildman–Crippen LogP) is -0.823. The van der Waals surface area contributed by atoms with Crippen molar-refractivity contribution in [2.75, 3.05) is 0 Å². The van der Waals surface area contributed by atoms with Crippen LogP contribution in [0.4, 0.5) is 0 Å². The molecule has 15 heavy (non-hydrogen) atoms. The van der Waals surface area contributed by atoms with Crippen molar-refractivity contribution in [3.8, 4) is 0 Å². The Labute approximate surface area is 113 Å². The molecule has 5 heteroatoms. The van der Waals surface area contributed by atoms with Crippen LogP contribution in [0.3, 0.4) is 0 Å². The molecule has 3 nitrogen and oxygen atoms in total. The van der Waals surface area contributed by atoms with Gasteiger partial charge in [0.2, 0.25) is 0 Å². The minimum absolute atomic E-state index is 0. The van der Waals surface area contributed by atoms with Crippen molar-refractivity contribution in [3.05, 3.63) is 42.5 Å². The normalized spacial score (nSPS) is 10.1. The maximum absolute atomic E-state index is 10.3. The monoisotopic (exact) mass is 236 g/mol. The maximum Gasteiger partial charge on any atom is 1.00 e. The minimum Gasteiger partial charge on any atom is -0.744 e. The summed E-state index contributed by atoms with van der Waals surface area (Å²) in [6, 6.07) is 7.19. The van der Waals surface area contributed by atoms with Gasteiger partial charge in [0.05, 0.1) is 4.90 Å². The Bertz CT molecular complexity index is 367. The molecule has 0 amide bonds. The average molecular weight is 236 g/mol. The summed E-state index contributed by atoms with van der Waals surface area (Å²) in [5.41, 5.74) is 0. The van der Waals surface area contributed by atoms with E-state index in [0.717, 1.165) is 0 Å². The van der Waals surface area contributed by atoms with E-state index in [1.54, 1.807) is 6.07 Å². The molecule has 0 N–H and O–H groups in total. The summed E-state index contributed by atoms with van der Waals surface area (Å²) < 4.78 is 30.8. The van der Waals surface area contributed by atoms with Gasteiger partial charge in [-0.25, -0.2) is 8.42 Å². The van der Waals surface area contributed by atoms with Gasteiger partial charge in [-0.2, -0.15) is 0 Å². The third-order valence-electron chi connectivity index (χ3n) is 1.37. The number of allylic oxidation sites excluding steroid dienone is 2. The topological polar surface area (TPSA) is 57.2 Å². The van der Waals surface area contributed by atoms with Crippen LogP contribution in [0.1, 0.15) is 13.8 Å². The van der Waals surface area contributed by atoms with E-state index in [2.05, 4.69) is 0 Å². The minimum atomic E-state index is -4.25. The van der Waals surface area contributed by atoms with Crippen molar-refractivity contribution in [1.29, 1.82) is 0 Å². The molecule has 0 heterocycles. The summed E-state index contributed by atoms with van der Waals surface area (Å²) in [4.78, 5) is -0.185. The zero-order chi connectivity index (χ0) is 11.0. The smallest absolute Gasteiger partial charge is 0.744 e. The quantitative estimate of drug-likeness (QED) is 0.363. The molecule has 1 aromatic rings. The van der Waals surface area contributed by atoms with Crippen LogP contribution in [0.15, 0.2) is 47.4 Å². The zero-order valence-corrected chi connectivity index (χ0v) is 12.0. The van der Waals surface area contributed by atoms with Crippen LogP contribution >= 0.6 is 0 Å². The van der Waals surface area contributed by atoms with Crippen LogP contribution in [0.2, 0.25) is 0 Å². The van der Waals surface area contributed by atoms with Crippen molar-refractivity contribution in [2.45, 2.75) is 18.7 Å². The molecular weight excluding hydrogens is 223 g/mol. The van der Waals surface area contributed by atoms with E-state index in [0.29, 0.717) is 0 Å². The molecule has 1 aromatic carbocycles. The summed E-state index contributed by atoms with van der Waals surface area (Å²) in [7, 11) is -4.25. The van der Waals surface area contributed by atoms with E-state index in [-0.39, 0.29) is 34.5 Å². The first-order valence-corrected chi connectivity index (χ1v) is 5.51. The molecule has 0 aromatic heterocycles. The third-order valence-corrected chi connectivity index (χ3v) is 2.21. The molecule has 0 aliphatic heterocycles. The fourth-order valence-electron chi connectivity index (χ4n) is 0.587. The van der Waals surface area contributed by atoms with Crippen LogP contribution in [0.25, 0.3) is 0 Å². The van der Waals surface area contributed by atoms with Crippen LogP contribution in [-0.4, -0.2) is 13.0 Å². The first-order valence-electron chi connectivity index (χ1n) is 4.10. The summed E-state index contributed by atoms with van der Waals surface area (Å²) in [6.45, 7) is 4.00. The maximum atomic E-state index is 10.3. The average Bonchev–Trinajstić information content (AvgIpc) is 2.18. The Kier molecular flexibility index (Phi) is 10.5. The van der Waals surface area contributed by atoms with Crippen molar-refractivity contribution >= 4 is 10.1 Å². The zero-order valence-electron chi connectivity index (χ0n) is 9.17. The van der Waals surface area contributed by atoms with E-state index in [1.807, 2.05) is 26.0 Å². The van der Waals surface area contributed by atoms with E-state index in [1.165, 1.54) is 24.3 Å². The molecule has 78 valence electrons. The van der Waals surface area contributed by atoms with Gasteiger partial charge < -0.3 is 4.55 Å². The predicted molar refractivity (Wildman–Crippen MR) is 54.9 cm³/mol. The Morgan fingerprint density at radius 3 is 1.67 bits per heavy atom. The van der Waals surface area contributed by atoms with Crippen LogP contribution in [0.5, 0.6) is 0 Å². The molecule has 0 spiro atoms. The van der Waals surface area contributed by atoms with Gasteiger partial charge in [0.25, 0.3) is 0 Å². The van der Waals surface area contributed by atoms with Gasteiger partial charge in [-0.15, -0.1) is 0 Å². The summed E-state index contributed by atoms with van der Waals surface area (Å²) in [6.07, 6.45) is 4.00. The summed E-state index contributed by atoms with van der Waals surface area (Å²) >= 11 is 0. The van der Waals surface area contributed by atoms with Crippen LogP contribution < -0.4 is 29.6 Å². The second-order valence-corrected chi connectivity index (χ2v) is 3.81. The van der Waals surface area contributed by atoms with Gasteiger partial charge in [-0.05, 0) is 26.0 Å². The van der Waals surface area contributed by atoms with E-state index in [4.69, 9.17) is 0 Å². The molecule has 0 unspecified atom stereocenters. The van der Waals surface area contributed by atoms with E-state index >= 15 is 0 Å². The molecular formula is C10H13NaO3S.